The number of carbonyl (C=O) groups excluding carboxylic acids is 2. The van der Waals surface area contributed by atoms with Gasteiger partial charge in [-0.15, -0.1) is 0 Å². The molecular weight excluding hydrogens is 546 g/mol. The van der Waals surface area contributed by atoms with Crippen LogP contribution in [-0.4, -0.2) is 70.3 Å². The van der Waals surface area contributed by atoms with Crippen molar-refractivity contribution in [1.29, 1.82) is 0 Å². The summed E-state index contributed by atoms with van der Waals surface area (Å²) in [5.74, 6) is -0.636. The highest BCUT2D eigenvalue weighted by molar-refractivity contribution is 5.86. The van der Waals surface area contributed by atoms with Crippen molar-refractivity contribution >= 4 is 12.0 Å². The van der Waals surface area contributed by atoms with Gasteiger partial charge in [0.25, 0.3) is 5.91 Å². The first-order valence-electron chi connectivity index (χ1n) is 14.6. The van der Waals surface area contributed by atoms with E-state index in [0.29, 0.717) is 18.4 Å². The van der Waals surface area contributed by atoms with E-state index in [9.17, 15) is 24.9 Å². The highest BCUT2D eigenvalue weighted by atomic mass is 16.6. The zero-order valence-corrected chi connectivity index (χ0v) is 25.4. The molecule has 0 bridgehead atoms. The van der Waals surface area contributed by atoms with E-state index in [1.807, 2.05) is 60.7 Å². The van der Waals surface area contributed by atoms with Crippen molar-refractivity contribution in [3.63, 3.8) is 0 Å². The molecule has 0 aromatic heterocycles. The monoisotopic (exact) mass is 591 g/mol. The van der Waals surface area contributed by atoms with Gasteiger partial charge >= 0.3 is 6.09 Å². The average molecular weight is 592 g/mol. The van der Waals surface area contributed by atoms with E-state index in [2.05, 4.69) is 16.0 Å². The van der Waals surface area contributed by atoms with E-state index in [1.165, 1.54) is 6.92 Å². The minimum absolute atomic E-state index is 0.0345. The maximum Gasteiger partial charge on any atom is 0.407 e. The largest absolute Gasteiger partial charge is 0.444 e. The maximum atomic E-state index is 13.2. The molecule has 0 aliphatic heterocycles. The number of ether oxygens (including phenoxy) is 1. The van der Waals surface area contributed by atoms with Crippen LogP contribution in [-0.2, 0) is 28.0 Å². The van der Waals surface area contributed by atoms with Gasteiger partial charge in [0.05, 0.1) is 24.3 Å². The molecule has 3 rings (SSSR count). The molecule has 0 radical (unpaired) electrons. The molecule has 0 unspecified atom stereocenters. The lowest BCUT2D eigenvalue weighted by Gasteiger charge is -2.30. The van der Waals surface area contributed by atoms with Crippen LogP contribution in [0.4, 0.5) is 4.79 Å². The standard InChI is InChI=1S/C34H45N3O6/c1-33(2,3)43-32(41)37-28(21-25-16-10-6-11-17-25)30(39)23-35-22-29(38)27(20-24-14-8-5-9-15-24)36-31(40)34(4,42)26-18-12-7-13-19-26/h5-19,27-30,35,38-39,42H,20-23H2,1-4H3,(H,36,40)(H,37,41)/t27-,28-,29+,30+,34-/m0/s1. The average Bonchev–Trinajstić information content (AvgIpc) is 2.97. The summed E-state index contributed by atoms with van der Waals surface area (Å²) < 4.78 is 5.40. The van der Waals surface area contributed by atoms with E-state index in [4.69, 9.17) is 4.74 Å². The molecule has 0 aliphatic rings. The van der Waals surface area contributed by atoms with Crippen LogP contribution in [0, 0.1) is 0 Å². The van der Waals surface area contributed by atoms with Gasteiger partial charge in [0.2, 0.25) is 0 Å². The van der Waals surface area contributed by atoms with Crippen LogP contribution >= 0.6 is 0 Å². The summed E-state index contributed by atoms with van der Waals surface area (Å²) in [7, 11) is 0. The molecule has 0 saturated heterocycles. The van der Waals surface area contributed by atoms with Crippen LogP contribution in [0.2, 0.25) is 0 Å². The second kappa shape index (κ2) is 15.6. The Hall–Kier alpha value is -3.76. The number of hydrogen-bond donors (Lipinski definition) is 6. The third kappa shape index (κ3) is 11.1. The maximum absolute atomic E-state index is 13.2. The summed E-state index contributed by atoms with van der Waals surface area (Å²) in [6, 6.07) is 26.1. The van der Waals surface area contributed by atoms with Gasteiger partial charge in [0.1, 0.15) is 5.60 Å². The summed E-state index contributed by atoms with van der Waals surface area (Å²) in [5, 5.41) is 42.0. The van der Waals surface area contributed by atoms with Crippen molar-refractivity contribution in [1.82, 2.24) is 16.0 Å². The normalized spacial score (nSPS) is 15.8. The molecule has 0 saturated carbocycles. The Bertz CT molecular complexity index is 1270. The van der Waals surface area contributed by atoms with Crippen LogP contribution in [0.15, 0.2) is 91.0 Å². The number of alkyl carbamates (subject to hydrolysis) is 1. The molecular formula is C34H45N3O6. The minimum Gasteiger partial charge on any atom is -0.444 e. The quantitative estimate of drug-likeness (QED) is 0.169. The second-order valence-corrected chi connectivity index (χ2v) is 11.9. The van der Waals surface area contributed by atoms with E-state index in [0.717, 1.165) is 11.1 Å². The number of aliphatic hydroxyl groups excluding tert-OH is 2. The molecule has 5 atom stereocenters. The summed E-state index contributed by atoms with van der Waals surface area (Å²) in [5.41, 5.74) is -0.242. The van der Waals surface area contributed by atoms with Gasteiger partial charge in [-0.05, 0) is 57.2 Å². The van der Waals surface area contributed by atoms with Crippen molar-refractivity contribution in [3.8, 4) is 0 Å². The fourth-order valence-electron chi connectivity index (χ4n) is 4.63. The van der Waals surface area contributed by atoms with E-state index in [-0.39, 0.29) is 13.1 Å². The molecule has 232 valence electrons. The molecule has 0 spiro atoms. The Morgan fingerprint density at radius 2 is 1.12 bits per heavy atom. The molecule has 9 nitrogen and oxygen atoms in total. The lowest BCUT2D eigenvalue weighted by atomic mass is 9.93. The van der Waals surface area contributed by atoms with Gasteiger partial charge in [0, 0.05) is 13.1 Å². The van der Waals surface area contributed by atoms with Crippen molar-refractivity contribution in [2.24, 2.45) is 0 Å². The second-order valence-electron chi connectivity index (χ2n) is 11.9. The van der Waals surface area contributed by atoms with Crippen LogP contribution in [0.3, 0.4) is 0 Å². The highest BCUT2D eigenvalue weighted by Gasteiger charge is 2.35. The first kappa shape index (κ1) is 33.7. The number of hydrogen-bond acceptors (Lipinski definition) is 7. The molecule has 0 aliphatic carbocycles. The number of carbonyl (C=O) groups is 2. The zero-order valence-electron chi connectivity index (χ0n) is 25.4. The fourth-order valence-corrected chi connectivity index (χ4v) is 4.63. The highest BCUT2D eigenvalue weighted by Crippen LogP contribution is 2.21. The van der Waals surface area contributed by atoms with Crippen molar-refractivity contribution < 1.29 is 29.6 Å². The third-order valence-electron chi connectivity index (χ3n) is 7.03. The molecule has 0 fully saturated rings. The fraction of sp³-hybridized carbons (Fsp3) is 0.412. The number of benzene rings is 3. The van der Waals surface area contributed by atoms with Crippen molar-refractivity contribution in [2.45, 2.75) is 76.0 Å². The van der Waals surface area contributed by atoms with Gasteiger partial charge in [-0.2, -0.15) is 0 Å². The van der Waals surface area contributed by atoms with E-state index >= 15 is 0 Å². The lowest BCUT2D eigenvalue weighted by molar-refractivity contribution is -0.140. The predicted octanol–water partition coefficient (Wildman–Crippen LogP) is 3.07. The van der Waals surface area contributed by atoms with Crippen LogP contribution in [0.1, 0.15) is 44.4 Å². The lowest BCUT2D eigenvalue weighted by Crippen LogP contribution is -2.55. The van der Waals surface area contributed by atoms with Gasteiger partial charge in [0.15, 0.2) is 5.60 Å². The number of aliphatic hydroxyl groups is 3. The minimum atomic E-state index is -1.81. The topological polar surface area (TPSA) is 140 Å². The smallest absolute Gasteiger partial charge is 0.407 e. The summed E-state index contributed by atoms with van der Waals surface area (Å²) in [6.45, 7) is 6.81. The molecule has 9 heteroatoms. The number of rotatable bonds is 14. The van der Waals surface area contributed by atoms with Crippen LogP contribution < -0.4 is 16.0 Å². The van der Waals surface area contributed by atoms with Gasteiger partial charge in [-0.3, -0.25) is 4.79 Å². The van der Waals surface area contributed by atoms with Crippen molar-refractivity contribution in [2.75, 3.05) is 13.1 Å². The molecule has 0 heterocycles. The Morgan fingerprint density at radius 1 is 0.698 bits per heavy atom. The molecule has 3 aromatic carbocycles. The number of nitrogens with one attached hydrogen (secondary N) is 3. The first-order valence-corrected chi connectivity index (χ1v) is 14.6. The summed E-state index contributed by atoms with van der Waals surface area (Å²) in [4.78, 5) is 25.8. The summed E-state index contributed by atoms with van der Waals surface area (Å²) in [6.07, 6.45) is -2.02. The summed E-state index contributed by atoms with van der Waals surface area (Å²) >= 11 is 0. The van der Waals surface area contributed by atoms with Crippen LogP contribution in [0.25, 0.3) is 0 Å². The Morgan fingerprint density at radius 3 is 1.56 bits per heavy atom. The van der Waals surface area contributed by atoms with Crippen molar-refractivity contribution in [3.05, 3.63) is 108 Å². The Balaban J connectivity index is 1.67. The SMILES string of the molecule is CC(C)(C)OC(=O)N[C@@H](Cc1ccccc1)[C@H](O)CNC[C@@H](O)[C@H](Cc1ccccc1)NC(=O)[C@@](C)(O)c1ccccc1. The molecule has 43 heavy (non-hydrogen) atoms. The third-order valence-corrected chi connectivity index (χ3v) is 7.03. The number of amides is 2. The van der Waals surface area contributed by atoms with E-state index < -0.39 is 47.5 Å². The first-order chi connectivity index (χ1) is 20.3. The van der Waals surface area contributed by atoms with Gasteiger partial charge in [-0.25, -0.2) is 4.79 Å². The van der Waals surface area contributed by atoms with Gasteiger partial charge in [-0.1, -0.05) is 91.0 Å². The molecule has 2 amide bonds. The van der Waals surface area contributed by atoms with Gasteiger partial charge < -0.3 is 36.0 Å². The predicted molar refractivity (Wildman–Crippen MR) is 166 cm³/mol. The Labute approximate surface area is 254 Å². The molecule has 3 aromatic rings. The van der Waals surface area contributed by atoms with E-state index in [1.54, 1.807) is 51.1 Å². The Kier molecular flexibility index (Phi) is 12.3. The van der Waals surface area contributed by atoms with Crippen LogP contribution in [0.5, 0.6) is 0 Å². The zero-order chi connectivity index (χ0) is 31.5. The molecule has 6 N–H and O–H groups in total.